The second-order valence-corrected chi connectivity index (χ2v) is 9.32. The van der Waals surface area contributed by atoms with Gasteiger partial charge >= 0.3 is 0 Å². The van der Waals surface area contributed by atoms with E-state index in [-0.39, 0.29) is 27.7 Å². The molecule has 1 N–H and O–H groups in total. The number of benzene rings is 2. The predicted molar refractivity (Wildman–Crippen MR) is 109 cm³/mol. The summed E-state index contributed by atoms with van der Waals surface area (Å²) in [5, 5.41) is 3.09. The van der Waals surface area contributed by atoms with Gasteiger partial charge in [-0.05, 0) is 56.2 Å². The van der Waals surface area contributed by atoms with Gasteiger partial charge in [0, 0.05) is 11.6 Å². The summed E-state index contributed by atoms with van der Waals surface area (Å²) in [5.74, 6) is -0.106. The highest BCUT2D eigenvalue weighted by Crippen LogP contribution is 2.34. The van der Waals surface area contributed by atoms with Crippen molar-refractivity contribution in [2.45, 2.75) is 55.0 Å². The molecule has 4 rings (SSSR count). The largest absolute Gasteiger partial charge is 0.419 e. The van der Waals surface area contributed by atoms with Gasteiger partial charge in [0.1, 0.15) is 5.82 Å². The fourth-order valence-corrected chi connectivity index (χ4v) is 4.82. The van der Waals surface area contributed by atoms with Gasteiger partial charge in [-0.25, -0.2) is 12.8 Å². The highest BCUT2D eigenvalue weighted by Gasteiger charge is 2.30. The molecule has 7 heteroatoms. The maximum Gasteiger partial charge on any atom is 0.234 e. The Labute approximate surface area is 169 Å². The summed E-state index contributed by atoms with van der Waals surface area (Å²) in [4.78, 5) is 4.32. The molecule has 2 aromatic carbocycles. The number of oxazole rings is 1. The molecule has 1 heterocycles. The summed E-state index contributed by atoms with van der Waals surface area (Å²) in [6.45, 7) is 1.97. The number of rotatable bonds is 5. The first kappa shape index (κ1) is 19.6. The van der Waals surface area contributed by atoms with Crippen molar-refractivity contribution in [3.63, 3.8) is 0 Å². The van der Waals surface area contributed by atoms with Crippen LogP contribution in [0.2, 0.25) is 0 Å². The third-order valence-electron chi connectivity index (χ3n) is 5.21. The Morgan fingerprint density at radius 2 is 1.66 bits per heavy atom. The van der Waals surface area contributed by atoms with Crippen LogP contribution in [0.4, 0.5) is 10.3 Å². The van der Waals surface area contributed by atoms with Gasteiger partial charge in [0.15, 0.2) is 0 Å². The maximum atomic E-state index is 13.3. The second-order valence-electron chi connectivity index (χ2n) is 7.46. The van der Waals surface area contributed by atoms with Crippen molar-refractivity contribution in [2.75, 3.05) is 5.32 Å². The monoisotopic (exact) mass is 414 g/mol. The lowest BCUT2D eigenvalue weighted by Crippen LogP contribution is -2.23. The van der Waals surface area contributed by atoms with Crippen LogP contribution in [0.15, 0.2) is 62.9 Å². The van der Waals surface area contributed by atoms with Crippen molar-refractivity contribution in [3.05, 3.63) is 59.9 Å². The number of nitrogens with one attached hydrogen (secondary N) is 1. The van der Waals surface area contributed by atoms with E-state index < -0.39 is 15.7 Å². The smallest absolute Gasteiger partial charge is 0.234 e. The van der Waals surface area contributed by atoms with Crippen molar-refractivity contribution in [1.29, 1.82) is 0 Å². The van der Waals surface area contributed by atoms with Gasteiger partial charge in [-0.3, -0.25) is 0 Å². The van der Waals surface area contributed by atoms with Gasteiger partial charge in [0.05, 0.1) is 4.90 Å². The first-order chi connectivity index (χ1) is 13.9. The lowest BCUT2D eigenvalue weighted by atomic mass is 9.96. The third-order valence-corrected chi connectivity index (χ3v) is 6.89. The molecule has 1 aliphatic rings. The molecule has 0 bridgehead atoms. The molecule has 3 aromatic rings. The minimum absolute atomic E-state index is 0.0191. The number of anilines is 1. The molecule has 152 valence electrons. The summed E-state index contributed by atoms with van der Waals surface area (Å²) < 4.78 is 45.6. The van der Waals surface area contributed by atoms with Crippen LogP contribution in [0.5, 0.6) is 0 Å². The molecule has 1 fully saturated rings. The van der Waals surface area contributed by atoms with Crippen LogP contribution < -0.4 is 5.32 Å². The molecule has 0 aliphatic heterocycles. The molecular formula is C22H23FN2O3S. The fraction of sp³-hybridized carbons (Fsp3) is 0.318. The number of halogens is 1. The first-order valence-electron chi connectivity index (χ1n) is 9.78. The summed E-state index contributed by atoms with van der Waals surface area (Å²) in [7, 11) is -3.97. The van der Waals surface area contributed by atoms with E-state index in [2.05, 4.69) is 10.3 Å². The Balaban J connectivity index is 1.77. The van der Waals surface area contributed by atoms with Crippen molar-refractivity contribution < 1.29 is 17.2 Å². The number of hydrogen-bond donors (Lipinski definition) is 1. The van der Waals surface area contributed by atoms with Crippen LogP contribution in [0.3, 0.4) is 0 Å². The fourth-order valence-electron chi connectivity index (χ4n) is 3.56. The van der Waals surface area contributed by atoms with Gasteiger partial charge < -0.3 is 9.73 Å². The lowest BCUT2D eigenvalue weighted by molar-refractivity contribution is 0.450. The number of nitrogens with zero attached hydrogens (tertiary/aromatic N) is 1. The first-order valence-corrected chi connectivity index (χ1v) is 11.3. The quantitative estimate of drug-likeness (QED) is 0.569. The Morgan fingerprint density at radius 3 is 2.31 bits per heavy atom. The minimum Gasteiger partial charge on any atom is -0.419 e. The standard InChI is InChI=1S/C22H23FN2O3S/c1-15-7-9-16(10-8-15)20-25-22(21(28-20)24-18-5-3-2-4-6-18)29(26,27)19-13-11-17(23)12-14-19/h7-14,18,24H,2-6H2,1H3. The molecule has 5 nitrogen and oxygen atoms in total. The molecule has 1 aliphatic carbocycles. The summed E-state index contributed by atoms with van der Waals surface area (Å²) >= 11 is 0. The van der Waals surface area contributed by atoms with Crippen LogP contribution in [-0.2, 0) is 9.84 Å². The molecule has 0 amide bonds. The highest BCUT2D eigenvalue weighted by molar-refractivity contribution is 7.91. The number of hydrogen-bond acceptors (Lipinski definition) is 5. The van der Waals surface area contributed by atoms with Gasteiger partial charge in [-0.2, -0.15) is 4.98 Å². The summed E-state index contributed by atoms with van der Waals surface area (Å²) in [6, 6.07) is 12.4. The molecule has 0 unspecified atom stereocenters. The van der Waals surface area contributed by atoms with Crippen molar-refractivity contribution >= 4 is 15.7 Å². The van der Waals surface area contributed by atoms with E-state index in [0.717, 1.165) is 43.4 Å². The Bertz CT molecular complexity index is 1080. The Morgan fingerprint density at radius 1 is 1.00 bits per heavy atom. The SMILES string of the molecule is Cc1ccc(-c2nc(S(=O)(=O)c3ccc(F)cc3)c(NC3CCCCC3)o2)cc1. The lowest BCUT2D eigenvalue weighted by Gasteiger charge is -2.22. The van der Waals surface area contributed by atoms with E-state index in [0.29, 0.717) is 5.56 Å². The van der Waals surface area contributed by atoms with Gasteiger partial charge in [-0.1, -0.05) is 37.0 Å². The Kier molecular flexibility index (Phi) is 5.41. The van der Waals surface area contributed by atoms with Crippen molar-refractivity contribution in [3.8, 4) is 11.5 Å². The van der Waals surface area contributed by atoms with E-state index in [4.69, 9.17) is 4.42 Å². The van der Waals surface area contributed by atoms with E-state index in [9.17, 15) is 12.8 Å². The number of sulfone groups is 1. The molecule has 0 saturated heterocycles. The van der Waals surface area contributed by atoms with E-state index in [1.807, 2.05) is 31.2 Å². The predicted octanol–water partition coefficient (Wildman–Crippen LogP) is 5.37. The zero-order valence-electron chi connectivity index (χ0n) is 16.2. The third kappa shape index (κ3) is 4.19. The molecule has 1 saturated carbocycles. The molecule has 1 aromatic heterocycles. The highest BCUT2D eigenvalue weighted by atomic mass is 32.2. The zero-order valence-corrected chi connectivity index (χ0v) is 17.0. The molecule has 0 radical (unpaired) electrons. The number of aryl methyl sites for hydroxylation is 1. The van der Waals surface area contributed by atoms with Crippen molar-refractivity contribution in [2.24, 2.45) is 0 Å². The van der Waals surface area contributed by atoms with E-state index in [1.165, 1.54) is 18.6 Å². The normalized spacial score (nSPS) is 15.4. The molecule has 0 spiro atoms. The molecular weight excluding hydrogens is 391 g/mol. The zero-order chi connectivity index (χ0) is 20.4. The van der Waals surface area contributed by atoms with Crippen molar-refractivity contribution in [1.82, 2.24) is 4.98 Å². The maximum absolute atomic E-state index is 13.3. The van der Waals surface area contributed by atoms with Crippen LogP contribution in [0.25, 0.3) is 11.5 Å². The molecule has 29 heavy (non-hydrogen) atoms. The Hall–Kier alpha value is -2.67. The average molecular weight is 415 g/mol. The molecule has 0 atom stereocenters. The summed E-state index contributed by atoms with van der Waals surface area (Å²) in [6.07, 6.45) is 5.28. The van der Waals surface area contributed by atoms with Crippen LogP contribution in [-0.4, -0.2) is 19.4 Å². The topological polar surface area (TPSA) is 72.2 Å². The summed E-state index contributed by atoms with van der Waals surface area (Å²) in [5.41, 5.74) is 1.78. The average Bonchev–Trinajstić information content (AvgIpc) is 3.14. The minimum atomic E-state index is -3.97. The number of aromatic nitrogens is 1. The van der Waals surface area contributed by atoms with Gasteiger partial charge in [-0.15, -0.1) is 0 Å². The van der Waals surface area contributed by atoms with Gasteiger partial charge in [0.25, 0.3) is 0 Å². The van der Waals surface area contributed by atoms with Gasteiger partial charge in [0.2, 0.25) is 26.6 Å². The second kappa shape index (κ2) is 7.99. The van der Waals surface area contributed by atoms with E-state index >= 15 is 0 Å². The van der Waals surface area contributed by atoms with Crippen LogP contribution in [0, 0.1) is 12.7 Å². The van der Waals surface area contributed by atoms with Crippen LogP contribution >= 0.6 is 0 Å². The van der Waals surface area contributed by atoms with Crippen LogP contribution in [0.1, 0.15) is 37.7 Å². The van der Waals surface area contributed by atoms with E-state index in [1.54, 1.807) is 0 Å².